The highest BCUT2D eigenvalue weighted by Crippen LogP contribution is 2.26. The van der Waals surface area contributed by atoms with Crippen LogP contribution in [0.3, 0.4) is 0 Å². The number of hydrogen-bond donors (Lipinski definition) is 1. The van der Waals surface area contributed by atoms with Crippen molar-refractivity contribution >= 4 is 28.5 Å². The Morgan fingerprint density at radius 3 is 2.92 bits per heavy atom. The summed E-state index contributed by atoms with van der Waals surface area (Å²) in [5.74, 6) is -0.905. The molecular formula is C16H12ClFN2O4. The first-order valence-electron chi connectivity index (χ1n) is 7.06. The molecule has 0 saturated heterocycles. The predicted molar refractivity (Wildman–Crippen MR) is 83.5 cm³/mol. The van der Waals surface area contributed by atoms with Gasteiger partial charge in [0.2, 0.25) is 0 Å². The maximum atomic E-state index is 13.0. The summed E-state index contributed by atoms with van der Waals surface area (Å²) in [4.78, 5) is 14.6. The molecule has 6 nitrogen and oxygen atoms in total. The maximum absolute atomic E-state index is 13.0. The van der Waals surface area contributed by atoms with Crippen LogP contribution in [-0.4, -0.2) is 21.2 Å². The number of carboxylic acid groups (broad SMARTS) is 1. The van der Waals surface area contributed by atoms with Gasteiger partial charge in [-0.15, -0.1) is 0 Å². The Kier molecular flexibility index (Phi) is 4.61. The van der Waals surface area contributed by atoms with E-state index in [4.69, 9.17) is 26.0 Å². The molecular weight excluding hydrogens is 339 g/mol. The molecule has 24 heavy (non-hydrogen) atoms. The number of benzene rings is 1. The van der Waals surface area contributed by atoms with Crippen molar-refractivity contribution in [3.63, 3.8) is 0 Å². The van der Waals surface area contributed by atoms with Crippen molar-refractivity contribution in [2.75, 3.05) is 0 Å². The highest BCUT2D eigenvalue weighted by atomic mass is 35.5. The summed E-state index contributed by atoms with van der Waals surface area (Å²) >= 11 is 5.91. The van der Waals surface area contributed by atoms with Crippen molar-refractivity contribution in [2.45, 2.75) is 19.4 Å². The molecule has 0 aliphatic rings. The molecule has 124 valence electrons. The first kappa shape index (κ1) is 16.2. The van der Waals surface area contributed by atoms with Crippen LogP contribution in [0.15, 0.2) is 35.0 Å². The number of aryl methyl sites for hydroxylation is 1. The number of aromatic nitrogens is 2. The van der Waals surface area contributed by atoms with Gasteiger partial charge in [-0.2, -0.15) is 0 Å². The van der Waals surface area contributed by atoms with Gasteiger partial charge in [0.05, 0.1) is 29.0 Å². The molecule has 0 atom stereocenters. The predicted octanol–water partition coefficient (Wildman–Crippen LogP) is 3.61. The second-order valence-electron chi connectivity index (χ2n) is 5.05. The molecule has 2 heterocycles. The zero-order valence-corrected chi connectivity index (χ0v) is 13.1. The number of nitrogens with zero attached hydrogens (tertiary/aromatic N) is 2. The summed E-state index contributed by atoms with van der Waals surface area (Å²) < 4.78 is 23.8. The molecule has 0 aliphatic carbocycles. The lowest BCUT2D eigenvalue weighted by Crippen LogP contribution is -2.00. The van der Waals surface area contributed by atoms with E-state index in [0.29, 0.717) is 28.1 Å². The molecule has 0 aliphatic heterocycles. The number of carboxylic acids is 1. The first-order chi connectivity index (χ1) is 11.5. The molecule has 2 aromatic heterocycles. The molecule has 1 N–H and O–H groups in total. The summed E-state index contributed by atoms with van der Waals surface area (Å²) in [5.41, 5.74) is 1.51. The Labute approximate surface area is 140 Å². The summed E-state index contributed by atoms with van der Waals surface area (Å²) in [7, 11) is 0. The zero-order valence-electron chi connectivity index (χ0n) is 12.3. The van der Waals surface area contributed by atoms with Crippen LogP contribution in [0.5, 0.6) is 5.75 Å². The smallest absolute Gasteiger partial charge is 0.303 e. The fraction of sp³-hybridized carbons (Fsp3) is 0.188. The minimum atomic E-state index is -0.907. The van der Waals surface area contributed by atoms with E-state index in [2.05, 4.69) is 10.1 Å². The molecule has 3 rings (SSSR count). The van der Waals surface area contributed by atoms with Gasteiger partial charge in [0, 0.05) is 11.8 Å². The van der Waals surface area contributed by atoms with Gasteiger partial charge in [-0.3, -0.25) is 9.78 Å². The summed E-state index contributed by atoms with van der Waals surface area (Å²) in [5, 5.41) is 13.5. The molecule has 8 heteroatoms. The van der Waals surface area contributed by atoms with Gasteiger partial charge in [0.15, 0.2) is 5.58 Å². The van der Waals surface area contributed by atoms with Crippen molar-refractivity contribution < 1.29 is 23.6 Å². The normalized spacial score (nSPS) is 10.9. The first-order valence-corrected chi connectivity index (χ1v) is 7.43. The fourth-order valence-corrected chi connectivity index (χ4v) is 2.37. The second-order valence-corrected chi connectivity index (χ2v) is 5.46. The quantitative estimate of drug-likeness (QED) is 0.731. The monoisotopic (exact) mass is 350 g/mol. The minimum Gasteiger partial charge on any atom is -0.487 e. The molecule has 1 aromatic carbocycles. The Hall–Kier alpha value is -2.67. The Balaban J connectivity index is 1.77. The van der Waals surface area contributed by atoms with E-state index in [1.165, 1.54) is 6.07 Å². The molecule has 0 fully saturated rings. The van der Waals surface area contributed by atoms with Crippen molar-refractivity contribution in [1.29, 1.82) is 0 Å². The summed E-state index contributed by atoms with van der Waals surface area (Å²) in [6.07, 6.45) is 1.29. The number of carbonyl (C=O) groups is 1. The number of fused-ring (bicyclic) bond motifs is 1. The SMILES string of the molecule is O=C(O)CCc1noc2ccc(OCc3ncc(F)cc3Cl)cc12. The van der Waals surface area contributed by atoms with Gasteiger partial charge in [-0.25, -0.2) is 4.39 Å². The van der Waals surface area contributed by atoms with Crippen molar-refractivity contribution in [3.8, 4) is 5.75 Å². The van der Waals surface area contributed by atoms with Crippen LogP contribution < -0.4 is 4.74 Å². The van der Waals surface area contributed by atoms with E-state index in [0.717, 1.165) is 6.20 Å². The van der Waals surface area contributed by atoms with Gasteiger partial charge >= 0.3 is 5.97 Å². The number of ether oxygens (including phenoxy) is 1. The van der Waals surface area contributed by atoms with Crippen LogP contribution in [0, 0.1) is 5.82 Å². The van der Waals surface area contributed by atoms with Crippen molar-refractivity contribution in [1.82, 2.24) is 10.1 Å². The number of hydrogen-bond acceptors (Lipinski definition) is 5. The number of rotatable bonds is 6. The highest BCUT2D eigenvalue weighted by molar-refractivity contribution is 6.31. The largest absolute Gasteiger partial charge is 0.487 e. The molecule has 0 unspecified atom stereocenters. The number of halogens is 2. The van der Waals surface area contributed by atoms with Crippen LogP contribution in [0.25, 0.3) is 11.0 Å². The lowest BCUT2D eigenvalue weighted by atomic mass is 10.1. The fourth-order valence-electron chi connectivity index (χ4n) is 2.16. The van der Waals surface area contributed by atoms with Crippen LogP contribution in [-0.2, 0) is 17.8 Å². The van der Waals surface area contributed by atoms with E-state index in [1.54, 1.807) is 18.2 Å². The minimum absolute atomic E-state index is 0.0399. The van der Waals surface area contributed by atoms with E-state index in [-0.39, 0.29) is 24.5 Å². The number of pyridine rings is 1. The van der Waals surface area contributed by atoms with E-state index in [9.17, 15) is 9.18 Å². The van der Waals surface area contributed by atoms with Crippen molar-refractivity contribution in [2.24, 2.45) is 0 Å². The third-order valence-corrected chi connectivity index (χ3v) is 3.68. The van der Waals surface area contributed by atoms with Gasteiger partial charge < -0.3 is 14.4 Å². The zero-order chi connectivity index (χ0) is 17.1. The topological polar surface area (TPSA) is 85.5 Å². The van der Waals surface area contributed by atoms with Crippen LogP contribution >= 0.6 is 11.6 Å². The highest BCUT2D eigenvalue weighted by Gasteiger charge is 2.12. The lowest BCUT2D eigenvalue weighted by molar-refractivity contribution is -0.136. The Morgan fingerprint density at radius 2 is 2.17 bits per heavy atom. The average Bonchev–Trinajstić information content (AvgIpc) is 2.94. The van der Waals surface area contributed by atoms with Crippen LogP contribution in [0.4, 0.5) is 4.39 Å². The molecule has 3 aromatic rings. The Bertz CT molecular complexity index is 897. The van der Waals surface area contributed by atoms with Gasteiger partial charge in [0.25, 0.3) is 0 Å². The van der Waals surface area contributed by atoms with Gasteiger partial charge in [-0.1, -0.05) is 16.8 Å². The standard InChI is InChI=1S/C16H12ClFN2O4/c17-12-5-9(18)7-19-14(12)8-23-10-1-3-15-11(6-10)13(20-24-15)2-4-16(21)22/h1,3,5-7H,2,4,8H2,(H,21,22). The summed E-state index contributed by atoms with van der Waals surface area (Å²) in [6.45, 7) is 0.0698. The van der Waals surface area contributed by atoms with Gasteiger partial charge in [-0.05, 0) is 24.3 Å². The van der Waals surface area contributed by atoms with E-state index < -0.39 is 11.8 Å². The molecule has 0 saturated carbocycles. The maximum Gasteiger partial charge on any atom is 0.303 e. The Morgan fingerprint density at radius 1 is 1.33 bits per heavy atom. The molecule has 0 bridgehead atoms. The van der Waals surface area contributed by atoms with E-state index >= 15 is 0 Å². The number of aliphatic carboxylic acids is 1. The van der Waals surface area contributed by atoms with Crippen molar-refractivity contribution in [3.05, 3.63) is 52.7 Å². The third kappa shape index (κ3) is 3.62. The van der Waals surface area contributed by atoms with Gasteiger partial charge in [0.1, 0.15) is 18.2 Å². The molecule has 0 amide bonds. The molecule has 0 radical (unpaired) electrons. The van der Waals surface area contributed by atoms with Crippen LogP contribution in [0.2, 0.25) is 5.02 Å². The average molecular weight is 351 g/mol. The third-order valence-electron chi connectivity index (χ3n) is 3.35. The molecule has 0 spiro atoms. The lowest BCUT2D eigenvalue weighted by Gasteiger charge is -2.07. The van der Waals surface area contributed by atoms with E-state index in [1.807, 2.05) is 0 Å². The van der Waals surface area contributed by atoms with Crippen LogP contribution in [0.1, 0.15) is 17.8 Å². The second kappa shape index (κ2) is 6.84. The summed E-state index contributed by atoms with van der Waals surface area (Å²) in [6, 6.07) is 6.24.